The minimum Gasteiger partial charge on any atom is -0.448 e. The number of nitrogens with one attached hydrogen (secondary N) is 1. The van der Waals surface area contributed by atoms with Crippen molar-refractivity contribution < 1.29 is 23.1 Å². The van der Waals surface area contributed by atoms with Gasteiger partial charge in [0, 0.05) is 4.88 Å². The van der Waals surface area contributed by atoms with Crippen LogP contribution in [-0.4, -0.2) is 18.0 Å². The van der Waals surface area contributed by atoms with Gasteiger partial charge in [-0.05, 0) is 49.9 Å². The summed E-state index contributed by atoms with van der Waals surface area (Å²) in [6.07, 6.45) is 1.81. The van der Waals surface area contributed by atoms with E-state index in [1.165, 1.54) is 29.2 Å². The molecule has 1 aromatic heterocycles. The lowest BCUT2D eigenvalue weighted by atomic mass is 10.2. The number of thiophene rings is 1. The molecule has 0 saturated heterocycles. The molecule has 7 heteroatoms. The van der Waals surface area contributed by atoms with Gasteiger partial charge in [0.05, 0.1) is 0 Å². The molecule has 4 nitrogen and oxygen atoms in total. The number of anilines is 1. The Kier molecular flexibility index (Phi) is 4.62. The molecule has 24 heavy (non-hydrogen) atoms. The second kappa shape index (κ2) is 6.68. The molecule has 1 aliphatic carbocycles. The van der Waals surface area contributed by atoms with Gasteiger partial charge in [-0.1, -0.05) is 6.07 Å². The number of fused-ring (bicyclic) bond motifs is 1. The van der Waals surface area contributed by atoms with Gasteiger partial charge in [-0.25, -0.2) is 13.6 Å². The van der Waals surface area contributed by atoms with E-state index < -0.39 is 35.3 Å². The summed E-state index contributed by atoms with van der Waals surface area (Å²) in [5.41, 5.74) is 0.595. The maximum atomic E-state index is 13.5. The van der Waals surface area contributed by atoms with Crippen LogP contribution < -0.4 is 5.32 Å². The van der Waals surface area contributed by atoms with Crippen LogP contribution in [0.25, 0.3) is 0 Å². The molecule has 1 aliphatic rings. The van der Waals surface area contributed by atoms with Gasteiger partial charge < -0.3 is 10.1 Å². The first kappa shape index (κ1) is 16.6. The van der Waals surface area contributed by atoms with Crippen molar-refractivity contribution in [1.29, 1.82) is 0 Å². The monoisotopic (exact) mass is 351 g/mol. The van der Waals surface area contributed by atoms with Crippen LogP contribution in [0.5, 0.6) is 0 Å². The van der Waals surface area contributed by atoms with E-state index in [0.717, 1.165) is 37.0 Å². The fraction of sp³-hybridized carbons (Fsp3) is 0.294. The zero-order valence-electron chi connectivity index (χ0n) is 12.9. The van der Waals surface area contributed by atoms with Gasteiger partial charge in [-0.2, -0.15) is 0 Å². The number of aryl methyl sites for hydroxylation is 2. The molecular formula is C17H15F2NO3S. The maximum Gasteiger partial charge on any atom is 0.349 e. The highest BCUT2D eigenvalue weighted by Crippen LogP contribution is 2.31. The van der Waals surface area contributed by atoms with E-state index in [2.05, 4.69) is 5.32 Å². The Hall–Kier alpha value is -2.28. The number of rotatable bonds is 4. The van der Waals surface area contributed by atoms with Gasteiger partial charge in [0.15, 0.2) is 6.10 Å². The van der Waals surface area contributed by atoms with Crippen LogP contribution in [-0.2, 0) is 22.4 Å². The molecule has 0 radical (unpaired) electrons. The quantitative estimate of drug-likeness (QED) is 0.855. The number of benzene rings is 1. The Bertz CT molecular complexity index is 761. The average Bonchev–Trinajstić information content (AvgIpc) is 3.12. The third-order valence-electron chi connectivity index (χ3n) is 3.81. The summed E-state index contributed by atoms with van der Waals surface area (Å²) < 4.78 is 32.2. The van der Waals surface area contributed by atoms with Gasteiger partial charge in [-0.3, -0.25) is 4.79 Å². The van der Waals surface area contributed by atoms with Crippen molar-refractivity contribution in [1.82, 2.24) is 0 Å². The summed E-state index contributed by atoms with van der Waals surface area (Å²) in [4.78, 5) is 25.7. The van der Waals surface area contributed by atoms with Crippen molar-refractivity contribution >= 4 is 28.9 Å². The number of carbonyl (C=O) groups excluding carboxylic acids is 2. The SMILES string of the molecule is C[C@H](OC(=O)c1cc2c(s1)CCC2)C(=O)Nc1c(F)cccc1F. The molecule has 126 valence electrons. The minimum atomic E-state index is -1.17. The number of carbonyl (C=O) groups is 2. The summed E-state index contributed by atoms with van der Waals surface area (Å²) in [6.45, 7) is 1.35. The average molecular weight is 351 g/mol. The van der Waals surface area contributed by atoms with Gasteiger partial charge >= 0.3 is 5.97 Å². The van der Waals surface area contributed by atoms with Gasteiger partial charge in [-0.15, -0.1) is 11.3 Å². The van der Waals surface area contributed by atoms with E-state index in [4.69, 9.17) is 4.74 Å². The van der Waals surface area contributed by atoms with Crippen molar-refractivity contribution in [3.05, 3.63) is 51.2 Å². The van der Waals surface area contributed by atoms with Crippen LogP contribution in [0, 0.1) is 11.6 Å². The van der Waals surface area contributed by atoms with E-state index in [1.807, 2.05) is 0 Å². The molecule has 3 rings (SSSR count). The van der Waals surface area contributed by atoms with Crippen molar-refractivity contribution in [2.24, 2.45) is 0 Å². The molecule has 2 aromatic rings. The first-order valence-corrected chi connectivity index (χ1v) is 8.35. The topological polar surface area (TPSA) is 55.4 Å². The number of hydrogen-bond acceptors (Lipinski definition) is 4. The lowest BCUT2D eigenvalue weighted by Crippen LogP contribution is -2.30. The van der Waals surface area contributed by atoms with Crippen LogP contribution in [0.2, 0.25) is 0 Å². The summed E-state index contributed by atoms with van der Waals surface area (Å²) in [6, 6.07) is 5.04. The Morgan fingerprint density at radius 1 is 1.25 bits per heavy atom. The molecule has 0 fully saturated rings. The molecule has 1 heterocycles. The zero-order valence-corrected chi connectivity index (χ0v) is 13.7. The Labute approximate surface area is 141 Å². The summed E-state index contributed by atoms with van der Waals surface area (Å²) >= 11 is 1.37. The molecule has 0 spiro atoms. The Morgan fingerprint density at radius 2 is 1.96 bits per heavy atom. The second-order valence-electron chi connectivity index (χ2n) is 5.55. The Balaban J connectivity index is 1.64. The van der Waals surface area contributed by atoms with E-state index in [-0.39, 0.29) is 0 Å². The summed E-state index contributed by atoms with van der Waals surface area (Å²) in [7, 11) is 0. The highest BCUT2D eigenvalue weighted by Gasteiger charge is 2.24. The number of amides is 1. The largest absolute Gasteiger partial charge is 0.448 e. The van der Waals surface area contributed by atoms with Crippen molar-refractivity contribution in [3.63, 3.8) is 0 Å². The van der Waals surface area contributed by atoms with Gasteiger partial charge in [0.25, 0.3) is 5.91 Å². The van der Waals surface area contributed by atoms with E-state index in [0.29, 0.717) is 4.88 Å². The van der Waals surface area contributed by atoms with Crippen LogP contribution in [0.4, 0.5) is 14.5 Å². The van der Waals surface area contributed by atoms with Crippen LogP contribution in [0.1, 0.15) is 33.5 Å². The number of para-hydroxylation sites is 1. The van der Waals surface area contributed by atoms with Crippen molar-refractivity contribution in [2.75, 3.05) is 5.32 Å². The number of halogens is 2. The van der Waals surface area contributed by atoms with E-state index >= 15 is 0 Å². The van der Waals surface area contributed by atoms with Crippen LogP contribution in [0.3, 0.4) is 0 Å². The fourth-order valence-corrected chi connectivity index (χ4v) is 3.68. The fourth-order valence-electron chi connectivity index (χ4n) is 2.54. The summed E-state index contributed by atoms with van der Waals surface area (Å²) in [5, 5.41) is 2.11. The number of esters is 1. The minimum absolute atomic E-state index is 0.441. The molecule has 1 amide bonds. The van der Waals surface area contributed by atoms with Gasteiger partial charge in [0.2, 0.25) is 0 Å². The third kappa shape index (κ3) is 3.31. The molecule has 0 aliphatic heterocycles. The predicted octanol–water partition coefficient (Wildman–Crippen LogP) is 3.70. The lowest BCUT2D eigenvalue weighted by Gasteiger charge is -2.13. The highest BCUT2D eigenvalue weighted by atomic mass is 32.1. The van der Waals surface area contributed by atoms with Crippen molar-refractivity contribution in [3.8, 4) is 0 Å². The molecule has 0 bridgehead atoms. The van der Waals surface area contributed by atoms with Crippen LogP contribution in [0.15, 0.2) is 24.3 Å². The molecule has 1 atom stereocenters. The smallest absolute Gasteiger partial charge is 0.349 e. The van der Waals surface area contributed by atoms with Crippen molar-refractivity contribution in [2.45, 2.75) is 32.3 Å². The maximum absolute atomic E-state index is 13.5. The third-order valence-corrected chi connectivity index (χ3v) is 5.03. The Morgan fingerprint density at radius 3 is 2.62 bits per heavy atom. The predicted molar refractivity (Wildman–Crippen MR) is 86.2 cm³/mol. The number of ether oxygens (including phenoxy) is 1. The van der Waals surface area contributed by atoms with E-state index in [1.54, 1.807) is 6.07 Å². The van der Waals surface area contributed by atoms with Gasteiger partial charge in [0.1, 0.15) is 22.2 Å². The lowest BCUT2D eigenvalue weighted by molar-refractivity contribution is -0.123. The highest BCUT2D eigenvalue weighted by molar-refractivity contribution is 7.14. The summed E-state index contributed by atoms with van der Waals surface area (Å²) in [5.74, 6) is -3.18. The first-order chi connectivity index (χ1) is 11.5. The second-order valence-corrected chi connectivity index (χ2v) is 6.68. The molecular weight excluding hydrogens is 336 g/mol. The molecule has 1 aromatic carbocycles. The standard InChI is InChI=1S/C17H15F2NO3S/c1-9(16(21)20-15-11(18)5-3-6-12(15)19)23-17(22)14-8-10-4-2-7-13(10)24-14/h3,5-6,8-9H,2,4,7H2,1H3,(H,20,21)/t9-/m0/s1. The van der Waals surface area contributed by atoms with Crippen LogP contribution >= 0.6 is 11.3 Å². The first-order valence-electron chi connectivity index (χ1n) is 7.53. The normalized spacial score (nSPS) is 14.1. The van der Waals surface area contributed by atoms with E-state index in [9.17, 15) is 18.4 Å². The number of hydrogen-bond donors (Lipinski definition) is 1. The zero-order chi connectivity index (χ0) is 17.3. The molecule has 0 saturated carbocycles. The molecule has 1 N–H and O–H groups in total. The molecule has 0 unspecified atom stereocenters.